The minimum atomic E-state index is -2.44. The third-order valence-electron chi connectivity index (χ3n) is 7.56. The van der Waals surface area contributed by atoms with E-state index < -0.39 is 24.7 Å². The van der Waals surface area contributed by atoms with Gasteiger partial charge < -0.3 is 23.5 Å². The maximum absolute atomic E-state index is 14.2. The van der Waals surface area contributed by atoms with Crippen molar-refractivity contribution in [1.82, 2.24) is 14.7 Å². The number of hydrogen-bond donors (Lipinski definition) is 0. The van der Waals surface area contributed by atoms with Crippen molar-refractivity contribution in [1.29, 1.82) is 0 Å². The number of fused-ring (bicyclic) bond motifs is 1. The molecular weight excluding hydrogens is 490 g/mol. The summed E-state index contributed by atoms with van der Waals surface area (Å²) in [6.45, 7) is 3.84. The molecule has 1 saturated carbocycles. The van der Waals surface area contributed by atoms with Crippen LogP contribution in [0.5, 0.6) is 0 Å². The normalized spacial score (nSPS) is 23.2. The van der Waals surface area contributed by atoms with Crippen LogP contribution in [0.3, 0.4) is 0 Å². The molecule has 2 aliphatic rings. The van der Waals surface area contributed by atoms with Crippen LogP contribution in [0.4, 0.5) is 14.5 Å². The Kier molecular flexibility index (Phi) is 5.52. The van der Waals surface area contributed by atoms with Crippen LogP contribution in [-0.2, 0) is 9.47 Å². The van der Waals surface area contributed by atoms with E-state index in [9.17, 15) is 8.78 Å². The van der Waals surface area contributed by atoms with E-state index in [0.717, 1.165) is 33.9 Å². The molecular formula is C29H30F2N4O3. The lowest BCUT2D eigenvalue weighted by Gasteiger charge is -2.36. The summed E-state index contributed by atoms with van der Waals surface area (Å²) in [7, 11) is -2.44. The van der Waals surface area contributed by atoms with Gasteiger partial charge in [0.1, 0.15) is 29.3 Å². The summed E-state index contributed by atoms with van der Waals surface area (Å²) < 4.78 is 69.4. The summed E-state index contributed by atoms with van der Waals surface area (Å²) in [5, 5.41) is 4.09. The second-order valence-corrected chi connectivity index (χ2v) is 9.96. The molecule has 2 aromatic carbocycles. The average Bonchev–Trinajstić information content (AvgIpc) is 3.46. The van der Waals surface area contributed by atoms with Crippen molar-refractivity contribution in [2.45, 2.75) is 57.7 Å². The van der Waals surface area contributed by atoms with Gasteiger partial charge in [-0.05, 0) is 75.4 Å². The van der Waals surface area contributed by atoms with E-state index in [0.29, 0.717) is 43.0 Å². The number of aryl methyl sites for hydroxylation is 2. The quantitative estimate of drug-likeness (QED) is 0.288. The Morgan fingerprint density at radius 1 is 1.05 bits per heavy atom. The van der Waals surface area contributed by atoms with Gasteiger partial charge in [-0.3, -0.25) is 0 Å². The fraction of sp³-hybridized carbons (Fsp3) is 0.379. The Labute approximate surface area is 223 Å². The van der Waals surface area contributed by atoms with E-state index in [-0.39, 0.29) is 18.9 Å². The van der Waals surface area contributed by atoms with E-state index in [4.69, 9.17) is 23.1 Å². The van der Waals surface area contributed by atoms with E-state index >= 15 is 0 Å². The van der Waals surface area contributed by atoms with E-state index in [1.54, 1.807) is 11.2 Å². The largest absolute Gasteiger partial charge is 0.481 e. The first-order valence-corrected chi connectivity index (χ1v) is 12.7. The highest BCUT2D eigenvalue weighted by molar-refractivity contribution is 5.84. The zero-order valence-corrected chi connectivity index (χ0v) is 21.2. The van der Waals surface area contributed by atoms with Gasteiger partial charge in [-0.15, -0.1) is 0 Å². The lowest BCUT2D eigenvalue weighted by molar-refractivity contribution is 0.0584. The number of benzene rings is 2. The number of imidazole rings is 1. The molecule has 0 N–H and O–H groups in total. The van der Waals surface area contributed by atoms with Gasteiger partial charge in [-0.1, -0.05) is 11.2 Å². The molecule has 1 atom stereocenters. The number of nitrogens with zero attached hydrogens (tertiary/aromatic N) is 4. The predicted octanol–water partition coefficient (Wildman–Crippen LogP) is 6.77. The van der Waals surface area contributed by atoms with Gasteiger partial charge in [0.25, 0.3) is 0 Å². The van der Waals surface area contributed by atoms with E-state index in [1.807, 2.05) is 38.1 Å². The molecule has 198 valence electrons. The van der Waals surface area contributed by atoms with Crippen molar-refractivity contribution < 1.29 is 26.9 Å². The lowest BCUT2D eigenvalue weighted by Crippen LogP contribution is -2.35. The molecule has 0 radical (unpaired) electrons. The molecule has 1 aliphatic carbocycles. The molecule has 1 fully saturated rings. The fourth-order valence-electron chi connectivity index (χ4n) is 5.78. The Bertz CT molecular complexity index is 1570. The molecule has 9 heteroatoms. The number of ether oxygens (including phenoxy) is 2. The van der Waals surface area contributed by atoms with Crippen LogP contribution >= 0.6 is 0 Å². The Hall–Kier alpha value is -3.72. The number of halogens is 2. The molecule has 0 spiro atoms. The molecule has 0 saturated heterocycles. The summed E-state index contributed by atoms with van der Waals surface area (Å²) in [6, 6.07) is 8.96. The second-order valence-electron chi connectivity index (χ2n) is 9.96. The Morgan fingerprint density at radius 3 is 2.55 bits per heavy atom. The van der Waals surface area contributed by atoms with Crippen LogP contribution in [-0.4, -0.2) is 34.6 Å². The van der Waals surface area contributed by atoms with Gasteiger partial charge in [0, 0.05) is 30.4 Å². The number of methoxy groups -OCH3 is 1. The molecule has 2 aromatic heterocycles. The highest BCUT2D eigenvalue weighted by atomic mass is 19.1. The summed E-state index contributed by atoms with van der Waals surface area (Å²) in [5.41, 5.74) is 4.60. The zero-order chi connectivity index (χ0) is 28.9. The summed E-state index contributed by atoms with van der Waals surface area (Å²) in [4.78, 5) is 6.86. The van der Waals surface area contributed by atoms with Crippen molar-refractivity contribution >= 4 is 16.7 Å². The molecule has 38 heavy (non-hydrogen) atoms. The number of anilines is 1. The maximum atomic E-state index is 14.2. The summed E-state index contributed by atoms with van der Waals surface area (Å²) >= 11 is 0. The van der Waals surface area contributed by atoms with Crippen molar-refractivity contribution in [3.8, 4) is 11.1 Å². The zero-order valence-electron chi connectivity index (χ0n) is 24.2. The SMILES string of the molecule is [2H]C([2H])([2H])OC1CCC(n2c([C@@H]3C=COCN3c3cc(F)cc(F)c3)nc3cc(-c4c(C)noc4C)ccc32)CC1. The van der Waals surface area contributed by atoms with Gasteiger partial charge >= 0.3 is 0 Å². The van der Waals surface area contributed by atoms with Crippen LogP contribution in [0.15, 0.2) is 53.3 Å². The van der Waals surface area contributed by atoms with Gasteiger partial charge in [0.15, 0.2) is 6.73 Å². The van der Waals surface area contributed by atoms with Crippen LogP contribution in [0.25, 0.3) is 22.2 Å². The predicted molar refractivity (Wildman–Crippen MR) is 140 cm³/mol. The molecule has 6 rings (SSSR count). The third-order valence-corrected chi connectivity index (χ3v) is 7.56. The first-order valence-electron chi connectivity index (χ1n) is 14.2. The number of hydrogen-bond acceptors (Lipinski definition) is 6. The van der Waals surface area contributed by atoms with Crippen LogP contribution in [0.1, 0.15) is 59.2 Å². The van der Waals surface area contributed by atoms with Gasteiger partial charge in [-0.25, -0.2) is 13.8 Å². The highest BCUT2D eigenvalue weighted by Gasteiger charge is 2.32. The number of rotatable bonds is 5. The first-order chi connectivity index (χ1) is 19.6. The highest BCUT2D eigenvalue weighted by Crippen LogP contribution is 2.40. The van der Waals surface area contributed by atoms with Crippen molar-refractivity contribution in [2.75, 3.05) is 18.7 Å². The summed E-state index contributed by atoms with van der Waals surface area (Å²) in [5.74, 6) is 0.0399. The van der Waals surface area contributed by atoms with Gasteiger partial charge in [0.2, 0.25) is 0 Å². The van der Waals surface area contributed by atoms with E-state index in [1.165, 1.54) is 12.1 Å². The van der Waals surface area contributed by atoms with Crippen LogP contribution in [0, 0.1) is 25.5 Å². The van der Waals surface area contributed by atoms with Crippen LogP contribution in [0.2, 0.25) is 0 Å². The van der Waals surface area contributed by atoms with Gasteiger partial charge in [-0.2, -0.15) is 0 Å². The van der Waals surface area contributed by atoms with E-state index in [2.05, 4.69) is 9.72 Å². The lowest BCUT2D eigenvalue weighted by atomic mass is 9.92. The minimum absolute atomic E-state index is 0.0127. The average molecular weight is 524 g/mol. The molecule has 0 amide bonds. The molecule has 7 nitrogen and oxygen atoms in total. The third kappa shape index (κ3) is 4.34. The first kappa shape index (κ1) is 21.2. The minimum Gasteiger partial charge on any atom is -0.481 e. The Morgan fingerprint density at radius 2 is 1.84 bits per heavy atom. The molecule has 3 heterocycles. The topological polar surface area (TPSA) is 65.6 Å². The van der Waals surface area contributed by atoms with Gasteiger partial charge in [0.05, 0.1) is 33.2 Å². The van der Waals surface area contributed by atoms with Crippen molar-refractivity contribution in [2.24, 2.45) is 0 Å². The maximum Gasteiger partial charge on any atom is 0.161 e. The molecule has 0 unspecified atom stereocenters. The fourth-order valence-corrected chi connectivity index (χ4v) is 5.78. The monoisotopic (exact) mass is 523 g/mol. The number of aromatic nitrogens is 3. The standard InChI is InChI=1S/C29H30F2N4O3/c1-17-28(18(2)38-33-17)19-4-9-26-25(12-19)32-29(35(26)22-5-7-24(36-3)8-6-22)27-10-11-37-16-34(27)23-14-20(30)13-21(31)15-23/h4,9-15,22,24,27H,5-8,16H2,1-3H3/t22?,24?,27-/m0/s1/i3D3. The molecule has 0 bridgehead atoms. The Balaban J connectivity index is 1.45. The van der Waals surface area contributed by atoms with Crippen molar-refractivity contribution in [3.63, 3.8) is 0 Å². The molecule has 4 aromatic rings. The second kappa shape index (κ2) is 9.87. The summed E-state index contributed by atoms with van der Waals surface area (Å²) in [6.07, 6.45) is 5.60. The van der Waals surface area contributed by atoms with Crippen LogP contribution < -0.4 is 4.90 Å². The molecule has 1 aliphatic heterocycles. The smallest absolute Gasteiger partial charge is 0.161 e. The van der Waals surface area contributed by atoms with Crippen molar-refractivity contribution in [3.05, 3.63) is 77.6 Å².